The summed E-state index contributed by atoms with van der Waals surface area (Å²) in [6.45, 7) is -0.733. The van der Waals surface area contributed by atoms with Crippen molar-refractivity contribution >= 4 is 17.3 Å². The third-order valence-corrected chi connectivity index (χ3v) is 3.95. The second-order valence-electron chi connectivity index (χ2n) is 4.85. The number of hydrogen-bond donors (Lipinski definition) is 4. The van der Waals surface area contributed by atoms with E-state index >= 15 is 0 Å². The van der Waals surface area contributed by atoms with Crippen molar-refractivity contribution in [2.24, 2.45) is 5.84 Å². The zero-order chi connectivity index (χ0) is 16.3. The molecule has 0 bridgehead atoms. The second kappa shape index (κ2) is 6.59. The van der Waals surface area contributed by atoms with Crippen molar-refractivity contribution in [2.75, 3.05) is 24.7 Å². The molecule has 2 atom stereocenters. The van der Waals surface area contributed by atoms with Gasteiger partial charge in [-0.1, -0.05) is 29.8 Å². The molecule has 0 fully saturated rings. The van der Waals surface area contributed by atoms with E-state index in [1.807, 2.05) is 0 Å². The topological polar surface area (TPSA) is 125 Å². The molecule has 0 saturated carbocycles. The number of para-hydroxylation sites is 1. The summed E-state index contributed by atoms with van der Waals surface area (Å²) in [6, 6.07) is 6.96. The van der Waals surface area contributed by atoms with E-state index in [1.165, 1.54) is 11.2 Å². The van der Waals surface area contributed by atoms with Crippen LogP contribution < -0.4 is 16.2 Å². The van der Waals surface area contributed by atoms with E-state index in [-0.39, 0.29) is 18.7 Å². The van der Waals surface area contributed by atoms with E-state index in [4.69, 9.17) is 22.6 Å². The molecule has 0 saturated heterocycles. The van der Waals surface area contributed by atoms with Gasteiger partial charge in [-0.15, -0.1) is 0 Å². The first-order valence-corrected chi connectivity index (χ1v) is 6.98. The van der Waals surface area contributed by atoms with Gasteiger partial charge < -0.3 is 10.2 Å². The smallest absolute Gasteiger partial charge is 0.233 e. The third-order valence-electron chi connectivity index (χ3n) is 3.39. The van der Waals surface area contributed by atoms with Gasteiger partial charge in [0.1, 0.15) is 11.1 Å². The number of nitro groups is 1. The van der Waals surface area contributed by atoms with Crippen molar-refractivity contribution in [1.82, 2.24) is 5.32 Å². The average molecular weight is 329 g/mol. The summed E-state index contributed by atoms with van der Waals surface area (Å²) >= 11 is 6.64. The Kier molecular flexibility index (Phi) is 4.99. The van der Waals surface area contributed by atoms with Gasteiger partial charge >= 0.3 is 0 Å². The average Bonchev–Trinajstić information content (AvgIpc) is 2.48. The molecule has 1 aliphatic rings. The van der Waals surface area contributed by atoms with Crippen LogP contribution in [0.4, 0.5) is 5.69 Å². The first-order valence-electron chi connectivity index (χ1n) is 6.60. The Balaban J connectivity index is 2.48. The molecule has 0 radical (unpaired) electrons. The van der Waals surface area contributed by atoms with Crippen molar-refractivity contribution < 1.29 is 15.1 Å². The standard InChI is InChI=1S/C13H17ClN4O4/c14-13(16-5-6-19)9-3-1-2-4-11(9)17(15)7-10(13)12(20)8-18(21)22/h1-4,7,12,16,19-20H,5-6,8,15H2. The van der Waals surface area contributed by atoms with E-state index in [0.717, 1.165) is 0 Å². The van der Waals surface area contributed by atoms with E-state index < -0.39 is 22.6 Å². The van der Waals surface area contributed by atoms with Gasteiger partial charge in [-0.25, -0.2) is 5.84 Å². The lowest BCUT2D eigenvalue weighted by Crippen LogP contribution is -2.49. The zero-order valence-corrected chi connectivity index (χ0v) is 12.4. The number of aliphatic hydroxyl groups excluding tert-OH is 2. The second-order valence-corrected chi connectivity index (χ2v) is 5.42. The van der Waals surface area contributed by atoms with Crippen LogP contribution in [0.25, 0.3) is 0 Å². The summed E-state index contributed by atoms with van der Waals surface area (Å²) < 4.78 is 0. The number of alkyl halides is 1. The fourth-order valence-electron chi connectivity index (χ4n) is 2.43. The fraction of sp³-hybridized carbons (Fsp3) is 0.385. The summed E-state index contributed by atoms with van der Waals surface area (Å²) in [4.78, 5) is 8.66. The Labute approximate surface area is 131 Å². The van der Waals surface area contributed by atoms with Crippen LogP contribution in [0.5, 0.6) is 0 Å². The molecule has 1 aromatic rings. The number of hydrogen-bond acceptors (Lipinski definition) is 7. The van der Waals surface area contributed by atoms with Crippen molar-refractivity contribution in [3.8, 4) is 0 Å². The van der Waals surface area contributed by atoms with Gasteiger partial charge in [0.2, 0.25) is 6.54 Å². The molecule has 120 valence electrons. The lowest BCUT2D eigenvalue weighted by atomic mass is 9.90. The highest BCUT2D eigenvalue weighted by Gasteiger charge is 2.43. The van der Waals surface area contributed by atoms with Gasteiger partial charge in [0.05, 0.1) is 12.3 Å². The molecular formula is C13H17ClN4O4. The van der Waals surface area contributed by atoms with Gasteiger partial charge in [-0.05, 0) is 6.07 Å². The van der Waals surface area contributed by atoms with E-state index in [1.54, 1.807) is 24.3 Å². The molecular weight excluding hydrogens is 312 g/mol. The van der Waals surface area contributed by atoms with Gasteiger partial charge in [0.15, 0.2) is 0 Å². The van der Waals surface area contributed by atoms with E-state index in [2.05, 4.69) is 5.32 Å². The molecule has 0 spiro atoms. The number of anilines is 1. The number of rotatable bonds is 6. The third kappa shape index (κ3) is 3.06. The molecule has 1 aliphatic heterocycles. The molecule has 0 aliphatic carbocycles. The number of nitrogens with two attached hydrogens (primary N) is 1. The number of nitrogens with one attached hydrogen (secondary N) is 1. The maximum absolute atomic E-state index is 10.7. The molecule has 2 rings (SSSR count). The Morgan fingerprint density at radius 2 is 2.18 bits per heavy atom. The molecule has 9 heteroatoms. The highest BCUT2D eigenvalue weighted by Crippen LogP contribution is 2.44. The molecule has 1 heterocycles. The zero-order valence-electron chi connectivity index (χ0n) is 11.6. The predicted molar refractivity (Wildman–Crippen MR) is 81.7 cm³/mol. The SMILES string of the molecule is NN1C=C(C(O)C[N+](=O)[O-])C(Cl)(NCCO)c2ccccc21. The molecule has 8 nitrogen and oxygen atoms in total. The Morgan fingerprint density at radius 3 is 2.82 bits per heavy atom. The number of aliphatic hydroxyl groups is 2. The highest BCUT2D eigenvalue weighted by molar-refractivity contribution is 6.26. The van der Waals surface area contributed by atoms with Crippen LogP contribution >= 0.6 is 11.6 Å². The monoisotopic (exact) mass is 328 g/mol. The predicted octanol–water partition coefficient (Wildman–Crippen LogP) is -0.125. The molecule has 2 unspecified atom stereocenters. The van der Waals surface area contributed by atoms with Crippen LogP contribution in [0.2, 0.25) is 0 Å². The Bertz CT molecular complexity index is 597. The van der Waals surface area contributed by atoms with Crippen LogP contribution in [0.15, 0.2) is 36.0 Å². The van der Waals surface area contributed by atoms with Gasteiger partial charge in [0, 0.05) is 28.8 Å². The largest absolute Gasteiger partial charge is 0.395 e. The van der Waals surface area contributed by atoms with Crippen LogP contribution in [0.3, 0.4) is 0 Å². The van der Waals surface area contributed by atoms with Crippen LogP contribution in [-0.4, -0.2) is 40.9 Å². The van der Waals surface area contributed by atoms with Crippen LogP contribution in [0.1, 0.15) is 5.56 Å². The summed E-state index contributed by atoms with van der Waals surface area (Å²) in [5.74, 6) is 5.90. The van der Waals surface area contributed by atoms with Gasteiger partial charge in [-0.2, -0.15) is 0 Å². The summed E-state index contributed by atoms with van der Waals surface area (Å²) in [5.41, 5.74) is 1.30. The number of nitrogens with zero attached hydrogens (tertiary/aromatic N) is 2. The van der Waals surface area contributed by atoms with Crippen molar-refractivity contribution in [3.63, 3.8) is 0 Å². The van der Waals surface area contributed by atoms with E-state index in [9.17, 15) is 15.2 Å². The quantitative estimate of drug-likeness (QED) is 0.188. The van der Waals surface area contributed by atoms with Crippen molar-refractivity contribution in [1.29, 1.82) is 0 Å². The Morgan fingerprint density at radius 1 is 1.50 bits per heavy atom. The van der Waals surface area contributed by atoms with Crippen molar-refractivity contribution in [3.05, 3.63) is 51.7 Å². The minimum Gasteiger partial charge on any atom is -0.395 e. The van der Waals surface area contributed by atoms with E-state index in [0.29, 0.717) is 11.3 Å². The molecule has 0 amide bonds. The minimum atomic E-state index is -1.42. The highest BCUT2D eigenvalue weighted by atomic mass is 35.5. The number of fused-ring (bicyclic) bond motifs is 1. The molecule has 5 N–H and O–H groups in total. The van der Waals surface area contributed by atoms with Crippen LogP contribution in [-0.2, 0) is 5.00 Å². The van der Waals surface area contributed by atoms with Crippen LogP contribution in [0, 0.1) is 10.1 Å². The summed E-state index contributed by atoms with van der Waals surface area (Å²) in [7, 11) is 0. The number of benzene rings is 1. The first kappa shape index (κ1) is 16.7. The maximum atomic E-state index is 10.7. The first-order chi connectivity index (χ1) is 10.4. The fourth-order valence-corrected chi connectivity index (χ4v) is 2.86. The van der Waals surface area contributed by atoms with Crippen molar-refractivity contribution in [2.45, 2.75) is 11.1 Å². The summed E-state index contributed by atoms with van der Waals surface area (Å²) in [5, 5.41) is 34.0. The number of hydrazine groups is 1. The Hall–Kier alpha value is -1.71. The molecule has 1 aromatic carbocycles. The summed E-state index contributed by atoms with van der Waals surface area (Å²) in [6.07, 6.45) is -0.0495. The van der Waals surface area contributed by atoms with Gasteiger partial charge in [0.25, 0.3) is 0 Å². The lowest BCUT2D eigenvalue weighted by Gasteiger charge is -2.39. The lowest BCUT2D eigenvalue weighted by molar-refractivity contribution is -0.488. The normalized spacial score (nSPS) is 22.0. The minimum absolute atomic E-state index is 0.144. The van der Waals surface area contributed by atoms with Gasteiger partial charge in [-0.3, -0.25) is 20.4 Å². The number of halogens is 1. The molecule has 0 aromatic heterocycles. The maximum Gasteiger partial charge on any atom is 0.233 e. The molecule has 22 heavy (non-hydrogen) atoms.